The Morgan fingerprint density at radius 1 is 1.41 bits per heavy atom. The van der Waals surface area contributed by atoms with Gasteiger partial charge in [-0.1, -0.05) is 19.1 Å². The van der Waals surface area contributed by atoms with Crippen LogP contribution in [0.25, 0.3) is 0 Å². The van der Waals surface area contributed by atoms with Crippen LogP contribution in [0, 0.1) is 0 Å². The van der Waals surface area contributed by atoms with Crippen LogP contribution in [-0.2, 0) is 11.3 Å². The highest BCUT2D eigenvalue weighted by molar-refractivity contribution is 7.99. The predicted octanol–water partition coefficient (Wildman–Crippen LogP) is 3.31. The number of nitrogens with one attached hydrogen (secondary N) is 1. The summed E-state index contributed by atoms with van der Waals surface area (Å²) in [6.45, 7) is 6.32. The zero-order valence-corrected chi connectivity index (χ0v) is 11.8. The lowest BCUT2D eigenvalue weighted by Crippen LogP contribution is -2.13. The van der Waals surface area contributed by atoms with E-state index in [1.807, 2.05) is 11.8 Å². The molecule has 1 unspecified atom stereocenters. The highest BCUT2D eigenvalue weighted by atomic mass is 32.2. The first-order valence-electron chi connectivity index (χ1n) is 6.21. The monoisotopic (exact) mass is 253 g/mol. The Balaban J connectivity index is 2.42. The molecular formula is C14H23NOS. The Morgan fingerprint density at radius 3 is 2.94 bits per heavy atom. The maximum Gasteiger partial charge on any atom is 0.0637 e. The molecule has 0 aliphatic carbocycles. The molecule has 0 saturated carbocycles. The van der Waals surface area contributed by atoms with Gasteiger partial charge in [0.2, 0.25) is 0 Å². The summed E-state index contributed by atoms with van der Waals surface area (Å²) in [5, 5.41) is 3.42. The fourth-order valence-electron chi connectivity index (χ4n) is 1.44. The SMILES string of the molecule is CCCNCc1cccc(SCC(C)OC)c1. The topological polar surface area (TPSA) is 21.3 Å². The number of hydrogen-bond donors (Lipinski definition) is 1. The molecule has 0 saturated heterocycles. The fourth-order valence-corrected chi connectivity index (χ4v) is 2.41. The van der Waals surface area contributed by atoms with E-state index in [1.54, 1.807) is 7.11 Å². The normalized spacial score (nSPS) is 12.6. The van der Waals surface area contributed by atoms with E-state index in [-0.39, 0.29) is 0 Å². The van der Waals surface area contributed by atoms with Crippen molar-refractivity contribution in [1.29, 1.82) is 0 Å². The largest absolute Gasteiger partial charge is 0.381 e. The quantitative estimate of drug-likeness (QED) is 0.567. The molecule has 1 N–H and O–H groups in total. The van der Waals surface area contributed by atoms with E-state index in [4.69, 9.17) is 4.74 Å². The third-order valence-corrected chi connectivity index (χ3v) is 3.76. The van der Waals surface area contributed by atoms with Crippen molar-refractivity contribution in [1.82, 2.24) is 5.32 Å². The van der Waals surface area contributed by atoms with E-state index in [0.29, 0.717) is 6.10 Å². The maximum atomic E-state index is 5.25. The first kappa shape index (κ1) is 14.6. The number of hydrogen-bond acceptors (Lipinski definition) is 3. The van der Waals surface area contributed by atoms with Crippen molar-refractivity contribution in [3.63, 3.8) is 0 Å². The maximum absolute atomic E-state index is 5.25. The molecule has 1 aromatic carbocycles. The molecule has 1 aromatic rings. The Bertz CT molecular complexity index is 317. The summed E-state index contributed by atoms with van der Waals surface area (Å²) in [6, 6.07) is 8.72. The van der Waals surface area contributed by atoms with Crippen LogP contribution in [0.4, 0.5) is 0 Å². The molecule has 0 spiro atoms. The van der Waals surface area contributed by atoms with Crippen molar-refractivity contribution in [3.8, 4) is 0 Å². The Kier molecular flexibility index (Phi) is 7.33. The van der Waals surface area contributed by atoms with Gasteiger partial charge in [-0.25, -0.2) is 0 Å². The Morgan fingerprint density at radius 2 is 2.24 bits per heavy atom. The second-order valence-corrected chi connectivity index (χ2v) is 5.27. The van der Waals surface area contributed by atoms with Gasteiger partial charge in [0.25, 0.3) is 0 Å². The van der Waals surface area contributed by atoms with Crippen molar-refractivity contribution in [2.24, 2.45) is 0 Å². The van der Waals surface area contributed by atoms with Crippen LogP contribution in [0.15, 0.2) is 29.2 Å². The first-order chi connectivity index (χ1) is 8.26. The van der Waals surface area contributed by atoms with E-state index in [1.165, 1.54) is 16.9 Å². The summed E-state index contributed by atoms with van der Waals surface area (Å²) in [6.07, 6.45) is 1.49. The van der Waals surface area contributed by atoms with Crippen molar-refractivity contribution < 1.29 is 4.74 Å². The van der Waals surface area contributed by atoms with Gasteiger partial charge < -0.3 is 10.1 Å². The lowest BCUT2D eigenvalue weighted by Gasteiger charge is -2.10. The molecule has 0 heterocycles. The molecule has 2 nitrogen and oxygen atoms in total. The molecule has 96 valence electrons. The second-order valence-electron chi connectivity index (χ2n) is 4.18. The summed E-state index contributed by atoms with van der Waals surface area (Å²) in [5.74, 6) is 1.00. The Labute approximate surface area is 109 Å². The summed E-state index contributed by atoms with van der Waals surface area (Å²) in [4.78, 5) is 1.32. The summed E-state index contributed by atoms with van der Waals surface area (Å²) in [5.41, 5.74) is 1.36. The molecule has 1 rings (SSSR count). The minimum Gasteiger partial charge on any atom is -0.381 e. The number of ether oxygens (including phenoxy) is 1. The summed E-state index contributed by atoms with van der Waals surface area (Å²) in [7, 11) is 1.76. The van der Waals surface area contributed by atoms with E-state index < -0.39 is 0 Å². The Hall–Kier alpha value is -0.510. The lowest BCUT2D eigenvalue weighted by atomic mass is 10.2. The third kappa shape index (κ3) is 6.10. The molecule has 0 amide bonds. The number of methoxy groups -OCH3 is 1. The van der Waals surface area contributed by atoms with E-state index >= 15 is 0 Å². The summed E-state index contributed by atoms with van der Waals surface area (Å²) < 4.78 is 5.25. The van der Waals surface area contributed by atoms with Gasteiger partial charge in [-0.05, 0) is 37.6 Å². The zero-order chi connectivity index (χ0) is 12.5. The molecule has 0 radical (unpaired) electrons. The van der Waals surface area contributed by atoms with Gasteiger partial charge in [0.1, 0.15) is 0 Å². The molecule has 0 bridgehead atoms. The predicted molar refractivity (Wildman–Crippen MR) is 75.6 cm³/mol. The van der Waals surface area contributed by atoms with Crippen molar-refractivity contribution in [3.05, 3.63) is 29.8 Å². The fraction of sp³-hybridized carbons (Fsp3) is 0.571. The molecule has 0 aromatic heterocycles. The standard InChI is InChI=1S/C14H23NOS/c1-4-8-15-10-13-6-5-7-14(9-13)17-11-12(2)16-3/h5-7,9,12,15H,4,8,10-11H2,1-3H3. The van der Waals surface area contributed by atoms with Gasteiger partial charge in [-0.15, -0.1) is 11.8 Å². The smallest absolute Gasteiger partial charge is 0.0637 e. The number of thioether (sulfide) groups is 1. The van der Waals surface area contributed by atoms with Gasteiger partial charge in [-0.3, -0.25) is 0 Å². The second kappa shape index (κ2) is 8.56. The van der Waals surface area contributed by atoms with E-state index in [2.05, 4.69) is 43.4 Å². The van der Waals surface area contributed by atoms with Gasteiger partial charge in [0.15, 0.2) is 0 Å². The van der Waals surface area contributed by atoms with Gasteiger partial charge in [0.05, 0.1) is 6.10 Å². The van der Waals surface area contributed by atoms with Crippen LogP contribution in [0.1, 0.15) is 25.8 Å². The van der Waals surface area contributed by atoms with Crippen LogP contribution < -0.4 is 5.32 Å². The van der Waals surface area contributed by atoms with Crippen molar-refractivity contribution >= 4 is 11.8 Å². The highest BCUT2D eigenvalue weighted by Crippen LogP contribution is 2.20. The minimum absolute atomic E-state index is 0.307. The average Bonchev–Trinajstić information content (AvgIpc) is 2.37. The van der Waals surface area contributed by atoms with Crippen LogP contribution >= 0.6 is 11.8 Å². The average molecular weight is 253 g/mol. The van der Waals surface area contributed by atoms with Gasteiger partial charge in [0, 0.05) is 24.3 Å². The number of benzene rings is 1. The van der Waals surface area contributed by atoms with E-state index in [0.717, 1.165) is 18.8 Å². The molecule has 0 aliphatic heterocycles. The van der Waals surface area contributed by atoms with Crippen LogP contribution in [-0.4, -0.2) is 25.5 Å². The molecule has 3 heteroatoms. The van der Waals surface area contributed by atoms with Crippen LogP contribution in [0.2, 0.25) is 0 Å². The zero-order valence-electron chi connectivity index (χ0n) is 11.0. The van der Waals surface area contributed by atoms with Crippen LogP contribution in [0.5, 0.6) is 0 Å². The molecule has 0 fully saturated rings. The van der Waals surface area contributed by atoms with Gasteiger partial charge >= 0.3 is 0 Å². The molecule has 0 aliphatic rings. The summed E-state index contributed by atoms with van der Waals surface area (Å²) >= 11 is 1.85. The molecule has 1 atom stereocenters. The molecule has 17 heavy (non-hydrogen) atoms. The lowest BCUT2D eigenvalue weighted by molar-refractivity contribution is 0.138. The highest BCUT2D eigenvalue weighted by Gasteiger charge is 2.01. The minimum atomic E-state index is 0.307. The van der Waals surface area contributed by atoms with Crippen molar-refractivity contribution in [2.75, 3.05) is 19.4 Å². The third-order valence-electron chi connectivity index (χ3n) is 2.54. The number of rotatable bonds is 8. The first-order valence-corrected chi connectivity index (χ1v) is 7.20. The van der Waals surface area contributed by atoms with Gasteiger partial charge in [-0.2, -0.15) is 0 Å². The van der Waals surface area contributed by atoms with Crippen LogP contribution in [0.3, 0.4) is 0 Å². The van der Waals surface area contributed by atoms with E-state index in [9.17, 15) is 0 Å². The van der Waals surface area contributed by atoms with Crippen molar-refractivity contribution in [2.45, 2.75) is 37.8 Å². The molecular weight excluding hydrogens is 230 g/mol.